The Kier molecular flexibility index (Phi) is 6.21. The summed E-state index contributed by atoms with van der Waals surface area (Å²) in [6.45, 7) is 0.381. The molecule has 152 valence electrons. The third kappa shape index (κ3) is 4.55. The molecule has 0 aliphatic heterocycles. The van der Waals surface area contributed by atoms with Gasteiger partial charge in [0.15, 0.2) is 11.5 Å². The van der Waals surface area contributed by atoms with E-state index in [0.717, 1.165) is 27.5 Å². The fraction of sp³-hybridized carbons (Fsp3) is 0.0741. The van der Waals surface area contributed by atoms with Crippen molar-refractivity contribution < 1.29 is 9.47 Å². The third-order valence-electron chi connectivity index (χ3n) is 4.99. The molecule has 4 heteroatoms. The lowest BCUT2D eigenvalue weighted by Gasteiger charge is -2.14. The van der Waals surface area contributed by atoms with E-state index in [1.165, 1.54) is 0 Å². The van der Waals surface area contributed by atoms with Crippen molar-refractivity contribution in [3.8, 4) is 17.6 Å². The Bertz CT molecular complexity index is 1280. The van der Waals surface area contributed by atoms with E-state index in [1.807, 2.05) is 84.9 Å². The van der Waals surface area contributed by atoms with Gasteiger partial charge in [-0.15, -0.1) is 0 Å². The van der Waals surface area contributed by atoms with Gasteiger partial charge in [-0.05, 0) is 40.1 Å². The Morgan fingerprint density at radius 3 is 2.48 bits per heavy atom. The van der Waals surface area contributed by atoms with E-state index in [4.69, 9.17) is 21.1 Å². The van der Waals surface area contributed by atoms with Crippen molar-refractivity contribution in [3.63, 3.8) is 0 Å². The standard InChI is InChI=1S/C27H20ClNO2/c1-30-26-16-20(15-25(28)27(26)31-18-19-8-3-2-4-9-19)14-22(17-29)24-13-7-11-21-10-5-6-12-23(21)24/h2-16H,18H2,1H3/b22-14+. The minimum absolute atomic E-state index is 0.381. The maximum atomic E-state index is 9.85. The molecule has 0 N–H and O–H groups in total. The summed E-state index contributed by atoms with van der Waals surface area (Å²) in [7, 11) is 1.57. The van der Waals surface area contributed by atoms with E-state index in [1.54, 1.807) is 13.2 Å². The maximum Gasteiger partial charge on any atom is 0.180 e. The van der Waals surface area contributed by atoms with Crippen LogP contribution < -0.4 is 9.47 Å². The first-order valence-corrected chi connectivity index (χ1v) is 10.2. The highest BCUT2D eigenvalue weighted by molar-refractivity contribution is 6.32. The summed E-state index contributed by atoms with van der Waals surface area (Å²) in [4.78, 5) is 0. The molecule has 4 rings (SSSR count). The Balaban J connectivity index is 1.69. The second-order valence-corrected chi connectivity index (χ2v) is 7.41. The van der Waals surface area contributed by atoms with Crippen LogP contribution in [0.2, 0.25) is 5.02 Å². The minimum atomic E-state index is 0.381. The molecular weight excluding hydrogens is 406 g/mol. The van der Waals surface area contributed by atoms with Gasteiger partial charge in [-0.1, -0.05) is 84.4 Å². The van der Waals surface area contributed by atoms with Crippen LogP contribution in [0.25, 0.3) is 22.4 Å². The zero-order valence-corrected chi connectivity index (χ0v) is 17.8. The largest absolute Gasteiger partial charge is 0.493 e. The Hall–Kier alpha value is -3.74. The maximum absolute atomic E-state index is 9.85. The second-order valence-electron chi connectivity index (χ2n) is 7.00. The molecule has 0 spiro atoms. The number of rotatable bonds is 6. The van der Waals surface area contributed by atoms with Gasteiger partial charge in [0, 0.05) is 5.56 Å². The Morgan fingerprint density at radius 2 is 1.71 bits per heavy atom. The number of allylic oxidation sites excluding steroid dienone is 1. The Labute approximate surface area is 186 Å². The summed E-state index contributed by atoms with van der Waals surface area (Å²) in [5.41, 5.74) is 3.22. The van der Waals surface area contributed by atoms with E-state index in [2.05, 4.69) is 6.07 Å². The summed E-state index contributed by atoms with van der Waals surface area (Å²) in [5.74, 6) is 0.999. The number of hydrogen-bond donors (Lipinski definition) is 0. The summed E-state index contributed by atoms with van der Waals surface area (Å²) in [5, 5.41) is 12.4. The molecular formula is C27H20ClNO2. The number of ether oxygens (including phenoxy) is 2. The summed E-state index contributed by atoms with van der Waals surface area (Å²) in [6, 6.07) is 29.7. The number of halogens is 1. The van der Waals surface area contributed by atoms with Crippen LogP contribution in [0.15, 0.2) is 84.9 Å². The van der Waals surface area contributed by atoms with Gasteiger partial charge in [0.1, 0.15) is 6.61 Å². The lowest BCUT2D eigenvalue weighted by Crippen LogP contribution is -1.99. The zero-order chi connectivity index (χ0) is 21.6. The van der Waals surface area contributed by atoms with Gasteiger partial charge in [-0.25, -0.2) is 0 Å². The van der Waals surface area contributed by atoms with Crippen LogP contribution in [0.4, 0.5) is 0 Å². The summed E-state index contributed by atoms with van der Waals surface area (Å²) < 4.78 is 11.5. The highest BCUT2D eigenvalue weighted by Crippen LogP contribution is 2.38. The third-order valence-corrected chi connectivity index (χ3v) is 5.27. The fourth-order valence-electron chi connectivity index (χ4n) is 3.49. The van der Waals surface area contributed by atoms with Gasteiger partial charge in [0.2, 0.25) is 0 Å². The molecule has 0 aliphatic carbocycles. The number of nitrogens with zero attached hydrogens (tertiary/aromatic N) is 1. The average molecular weight is 426 g/mol. The second kappa shape index (κ2) is 9.38. The van der Waals surface area contributed by atoms with Gasteiger partial charge in [0.25, 0.3) is 0 Å². The summed E-state index contributed by atoms with van der Waals surface area (Å²) >= 11 is 6.53. The first kappa shape index (κ1) is 20.5. The van der Waals surface area contributed by atoms with Crippen molar-refractivity contribution in [1.29, 1.82) is 5.26 Å². The van der Waals surface area contributed by atoms with E-state index in [0.29, 0.717) is 28.7 Å². The first-order valence-electron chi connectivity index (χ1n) is 9.84. The molecule has 31 heavy (non-hydrogen) atoms. The normalized spacial score (nSPS) is 11.2. The van der Waals surface area contributed by atoms with Crippen molar-refractivity contribution in [3.05, 3.63) is 107 Å². The van der Waals surface area contributed by atoms with Crippen LogP contribution >= 0.6 is 11.6 Å². The van der Waals surface area contributed by atoms with Crippen LogP contribution in [0, 0.1) is 11.3 Å². The molecule has 3 nitrogen and oxygen atoms in total. The molecule has 0 saturated heterocycles. The molecule has 0 amide bonds. The molecule has 0 aliphatic rings. The zero-order valence-electron chi connectivity index (χ0n) is 17.0. The smallest absolute Gasteiger partial charge is 0.180 e. The SMILES string of the molecule is COc1cc(/C=C(\C#N)c2cccc3ccccc23)cc(Cl)c1OCc1ccccc1. The first-order chi connectivity index (χ1) is 15.2. The van der Waals surface area contributed by atoms with Crippen LogP contribution in [-0.2, 0) is 6.61 Å². The van der Waals surface area contributed by atoms with E-state index in [9.17, 15) is 5.26 Å². The molecule has 0 heterocycles. The van der Waals surface area contributed by atoms with Crippen molar-refractivity contribution in [2.45, 2.75) is 6.61 Å². The lowest BCUT2D eigenvalue weighted by molar-refractivity contribution is 0.284. The summed E-state index contributed by atoms with van der Waals surface area (Å²) in [6.07, 6.45) is 1.82. The number of fused-ring (bicyclic) bond motifs is 1. The van der Waals surface area contributed by atoms with E-state index < -0.39 is 0 Å². The Morgan fingerprint density at radius 1 is 0.968 bits per heavy atom. The molecule has 0 aromatic heterocycles. The molecule has 4 aromatic rings. The number of benzene rings is 4. The molecule has 0 unspecified atom stereocenters. The van der Waals surface area contributed by atoms with Crippen molar-refractivity contribution in [1.82, 2.24) is 0 Å². The lowest BCUT2D eigenvalue weighted by atomic mass is 9.97. The molecule has 0 bridgehead atoms. The van der Waals surface area contributed by atoms with Gasteiger partial charge in [0.05, 0.1) is 23.8 Å². The average Bonchev–Trinajstić information content (AvgIpc) is 2.82. The predicted octanol–water partition coefficient (Wildman–Crippen LogP) is 7.14. The minimum Gasteiger partial charge on any atom is -0.493 e. The molecule has 0 saturated carbocycles. The monoisotopic (exact) mass is 425 g/mol. The van der Waals surface area contributed by atoms with Gasteiger partial charge < -0.3 is 9.47 Å². The van der Waals surface area contributed by atoms with Crippen LogP contribution in [0.1, 0.15) is 16.7 Å². The van der Waals surface area contributed by atoms with Crippen LogP contribution in [0.5, 0.6) is 11.5 Å². The topological polar surface area (TPSA) is 42.2 Å². The van der Waals surface area contributed by atoms with Crippen LogP contribution in [-0.4, -0.2) is 7.11 Å². The number of nitriles is 1. The fourth-order valence-corrected chi connectivity index (χ4v) is 3.76. The molecule has 0 fully saturated rings. The van der Waals surface area contributed by atoms with Crippen molar-refractivity contribution in [2.24, 2.45) is 0 Å². The highest BCUT2D eigenvalue weighted by Gasteiger charge is 2.13. The van der Waals surface area contributed by atoms with Gasteiger partial charge >= 0.3 is 0 Å². The van der Waals surface area contributed by atoms with Crippen molar-refractivity contribution in [2.75, 3.05) is 7.11 Å². The van der Waals surface area contributed by atoms with Crippen LogP contribution in [0.3, 0.4) is 0 Å². The molecule has 0 radical (unpaired) electrons. The quantitative estimate of drug-likeness (QED) is 0.243. The van der Waals surface area contributed by atoms with Gasteiger partial charge in [-0.3, -0.25) is 0 Å². The predicted molar refractivity (Wildman–Crippen MR) is 126 cm³/mol. The molecule has 4 aromatic carbocycles. The van der Waals surface area contributed by atoms with E-state index >= 15 is 0 Å². The highest BCUT2D eigenvalue weighted by atomic mass is 35.5. The van der Waals surface area contributed by atoms with E-state index in [-0.39, 0.29) is 0 Å². The molecule has 0 atom stereocenters. The number of hydrogen-bond acceptors (Lipinski definition) is 3. The van der Waals surface area contributed by atoms with Gasteiger partial charge in [-0.2, -0.15) is 5.26 Å². The number of methoxy groups -OCH3 is 1. The van der Waals surface area contributed by atoms with Crippen molar-refractivity contribution >= 4 is 34.0 Å².